The summed E-state index contributed by atoms with van der Waals surface area (Å²) in [5.41, 5.74) is -0.964. The van der Waals surface area contributed by atoms with E-state index in [0.29, 0.717) is 31.6 Å². The van der Waals surface area contributed by atoms with Crippen LogP contribution < -0.4 is 5.32 Å². The summed E-state index contributed by atoms with van der Waals surface area (Å²) in [7, 11) is 1.41. The summed E-state index contributed by atoms with van der Waals surface area (Å²) in [5.74, 6) is -0.854. The Morgan fingerprint density at radius 2 is 1.61 bits per heavy atom. The van der Waals surface area contributed by atoms with E-state index in [2.05, 4.69) is 5.32 Å². The molecule has 0 aliphatic carbocycles. The SMILES string of the molecule is Cc1ccccc1[C@H]1CNCC[C@@H]1C(=O)N(C)Cc1cc(C(F)(F)F)cc(C(F)(F)F)c1.Cl. The molecule has 1 heterocycles. The normalized spacial score (nSPS) is 19.0. The summed E-state index contributed by atoms with van der Waals surface area (Å²) in [6.45, 7) is 2.76. The van der Waals surface area contributed by atoms with E-state index in [0.717, 1.165) is 11.1 Å². The molecular weight excluding hydrogens is 470 g/mol. The summed E-state index contributed by atoms with van der Waals surface area (Å²) >= 11 is 0. The van der Waals surface area contributed by atoms with Crippen LogP contribution >= 0.6 is 12.4 Å². The maximum atomic E-state index is 13.2. The van der Waals surface area contributed by atoms with Gasteiger partial charge in [-0.1, -0.05) is 24.3 Å². The van der Waals surface area contributed by atoms with Gasteiger partial charge in [0.15, 0.2) is 0 Å². The van der Waals surface area contributed by atoms with Gasteiger partial charge in [0, 0.05) is 32.0 Å². The molecule has 1 fully saturated rings. The van der Waals surface area contributed by atoms with Gasteiger partial charge >= 0.3 is 12.4 Å². The lowest BCUT2D eigenvalue weighted by molar-refractivity contribution is -0.143. The molecule has 3 rings (SSSR count). The molecule has 0 aromatic heterocycles. The summed E-state index contributed by atoms with van der Waals surface area (Å²) in [5, 5.41) is 3.26. The van der Waals surface area contributed by atoms with Gasteiger partial charge in [-0.15, -0.1) is 12.4 Å². The van der Waals surface area contributed by atoms with Crippen molar-refractivity contribution in [2.75, 3.05) is 20.1 Å². The Hall–Kier alpha value is -2.26. The third-order valence-electron chi connectivity index (χ3n) is 5.83. The van der Waals surface area contributed by atoms with Gasteiger partial charge in [0.25, 0.3) is 0 Å². The number of hydrogen-bond acceptors (Lipinski definition) is 2. The lowest BCUT2D eigenvalue weighted by atomic mass is 9.79. The Morgan fingerprint density at radius 1 is 1.03 bits per heavy atom. The van der Waals surface area contributed by atoms with E-state index >= 15 is 0 Å². The second-order valence-corrected chi connectivity index (χ2v) is 8.17. The van der Waals surface area contributed by atoms with Gasteiger partial charge in [0.2, 0.25) is 5.91 Å². The lowest BCUT2D eigenvalue weighted by Crippen LogP contribution is -2.44. The topological polar surface area (TPSA) is 32.3 Å². The highest BCUT2D eigenvalue weighted by Crippen LogP contribution is 2.37. The fourth-order valence-electron chi connectivity index (χ4n) is 4.23. The minimum absolute atomic E-state index is 0. The molecule has 0 unspecified atom stereocenters. The second-order valence-electron chi connectivity index (χ2n) is 8.17. The van der Waals surface area contributed by atoms with E-state index in [9.17, 15) is 31.1 Å². The van der Waals surface area contributed by atoms with Crippen molar-refractivity contribution >= 4 is 18.3 Å². The fourth-order valence-corrected chi connectivity index (χ4v) is 4.23. The first-order valence-corrected chi connectivity index (χ1v) is 10.2. The van der Waals surface area contributed by atoms with Crippen LogP contribution in [0.4, 0.5) is 26.3 Å². The van der Waals surface area contributed by atoms with Crippen LogP contribution in [0.25, 0.3) is 0 Å². The average molecular weight is 495 g/mol. The monoisotopic (exact) mass is 494 g/mol. The van der Waals surface area contributed by atoms with Crippen molar-refractivity contribution in [1.82, 2.24) is 10.2 Å². The number of piperidine rings is 1. The number of benzene rings is 2. The number of nitrogens with zero attached hydrogens (tertiary/aromatic N) is 1. The number of rotatable bonds is 4. The largest absolute Gasteiger partial charge is 0.416 e. The highest BCUT2D eigenvalue weighted by molar-refractivity contribution is 5.85. The van der Waals surface area contributed by atoms with E-state index in [1.807, 2.05) is 31.2 Å². The third kappa shape index (κ3) is 6.41. The predicted octanol–water partition coefficient (Wildman–Crippen LogP) is 5.81. The molecule has 2 aromatic carbocycles. The van der Waals surface area contributed by atoms with Crippen molar-refractivity contribution in [3.63, 3.8) is 0 Å². The van der Waals surface area contributed by atoms with Crippen LogP contribution in [-0.2, 0) is 23.7 Å². The number of carbonyl (C=O) groups is 1. The lowest BCUT2D eigenvalue weighted by Gasteiger charge is -2.35. The summed E-state index contributed by atoms with van der Waals surface area (Å²) in [6, 6.07) is 9.08. The molecule has 0 saturated carbocycles. The van der Waals surface area contributed by atoms with Crippen molar-refractivity contribution in [2.45, 2.75) is 38.2 Å². The van der Waals surface area contributed by atoms with Gasteiger partial charge in [0.05, 0.1) is 11.1 Å². The number of halogens is 7. The molecule has 1 amide bonds. The zero-order valence-corrected chi connectivity index (χ0v) is 18.9. The maximum absolute atomic E-state index is 13.2. The van der Waals surface area contributed by atoms with Crippen LogP contribution in [0.3, 0.4) is 0 Å². The van der Waals surface area contributed by atoms with Crippen LogP contribution in [-0.4, -0.2) is 30.9 Å². The molecule has 182 valence electrons. The molecule has 1 aliphatic heterocycles. The first kappa shape index (κ1) is 27.0. The number of alkyl halides is 6. The zero-order chi connectivity index (χ0) is 23.7. The first-order valence-electron chi connectivity index (χ1n) is 10.2. The van der Waals surface area contributed by atoms with Gasteiger partial charge in [-0.25, -0.2) is 0 Å². The van der Waals surface area contributed by atoms with Gasteiger partial charge in [-0.2, -0.15) is 26.3 Å². The first-order chi connectivity index (χ1) is 14.9. The smallest absolute Gasteiger partial charge is 0.341 e. The van der Waals surface area contributed by atoms with Crippen molar-refractivity contribution in [2.24, 2.45) is 5.92 Å². The maximum Gasteiger partial charge on any atom is 0.416 e. The van der Waals surface area contributed by atoms with E-state index in [-0.39, 0.29) is 42.4 Å². The molecule has 10 heteroatoms. The molecule has 0 bridgehead atoms. The molecule has 2 atom stereocenters. The Balaban J connectivity index is 0.00000385. The van der Waals surface area contributed by atoms with E-state index in [4.69, 9.17) is 0 Å². The van der Waals surface area contributed by atoms with Crippen molar-refractivity contribution < 1.29 is 31.1 Å². The molecule has 1 aliphatic rings. The Morgan fingerprint density at radius 3 is 2.15 bits per heavy atom. The number of carbonyl (C=O) groups excluding carboxylic acids is 1. The highest BCUT2D eigenvalue weighted by atomic mass is 35.5. The minimum Gasteiger partial charge on any atom is -0.341 e. The number of hydrogen-bond donors (Lipinski definition) is 1. The van der Waals surface area contributed by atoms with E-state index in [1.54, 1.807) is 0 Å². The second kappa shape index (κ2) is 10.3. The molecule has 0 radical (unpaired) electrons. The Bertz CT molecular complexity index is 944. The van der Waals surface area contributed by atoms with Gasteiger partial charge in [-0.05, 0) is 54.8 Å². The predicted molar refractivity (Wildman–Crippen MR) is 115 cm³/mol. The van der Waals surface area contributed by atoms with Crippen LogP contribution in [0, 0.1) is 12.8 Å². The molecule has 3 nitrogen and oxygen atoms in total. The van der Waals surface area contributed by atoms with Crippen LogP contribution in [0.1, 0.15) is 40.2 Å². The van der Waals surface area contributed by atoms with Crippen molar-refractivity contribution in [3.8, 4) is 0 Å². The molecule has 2 aromatic rings. The molecule has 1 N–H and O–H groups in total. The van der Waals surface area contributed by atoms with Gasteiger partial charge < -0.3 is 10.2 Å². The van der Waals surface area contributed by atoms with Crippen LogP contribution in [0.15, 0.2) is 42.5 Å². The minimum atomic E-state index is -4.93. The number of amides is 1. The van der Waals surface area contributed by atoms with E-state index < -0.39 is 29.4 Å². The standard InChI is InChI=1S/C23H24F6N2O.ClH/c1-14-5-3-4-6-18(14)20-12-30-8-7-19(20)21(32)31(2)13-15-9-16(22(24,25)26)11-17(10-15)23(27,28)29;/h3-6,9-11,19-20,30H,7-8,12-13H2,1-2H3;1H/t19-,20+;/m0./s1. The summed E-state index contributed by atoms with van der Waals surface area (Å²) in [6.07, 6.45) is -9.33. The molecule has 33 heavy (non-hydrogen) atoms. The van der Waals surface area contributed by atoms with Gasteiger partial charge in [-0.3, -0.25) is 4.79 Å². The van der Waals surface area contributed by atoms with E-state index in [1.165, 1.54) is 11.9 Å². The summed E-state index contributed by atoms with van der Waals surface area (Å²) < 4.78 is 78.9. The number of aryl methyl sites for hydroxylation is 1. The van der Waals surface area contributed by atoms with Crippen LogP contribution in [0.2, 0.25) is 0 Å². The average Bonchev–Trinajstić information content (AvgIpc) is 2.72. The quantitative estimate of drug-likeness (QED) is 0.544. The van der Waals surface area contributed by atoms with Gasteiger partial charge in [0.1, 0.15) is 0 Å². The summed E-state index contributed by atoms with van der Waals surface area (Å²) in [4.78, 5) is 14.4. The van der Waals surface area contributed by atoms with Crippen molar-refractivity contribution in [3.05, 3.63) is 70.3 Å². The Labute approximate surface area is 194 Å². The van der Waals surface area contributed by atoms with Crippen molar-refractivity contribution in [1.29, 1.82) is 0 Å². The molecule has 0 spiro atoms. The molecular formula is C23H25ClF6N2O. The Kier molecular flexibility index (Phi) is 8.46. The number of nitrogens with one attached hydrogen (secondary N) is 1. The van der Waals surface area contributed by atoms with Crippen LogP contribution in [0.5, 0.6) is 0 Å². The highest BCUT2D eigenvalue weighted by Gasteiger charge is 2.38. The third-order valence-corrected chi connectivity index (χ3v) is 5.83. The fraction of sp³-hybridized carbons (Fsp3) is 0.435. The zero-order valence-electron chi connectivity index (χ0n) is 18.1. The molecule has 1 saturated heterocycles.